The highest BCUT2D eigenvalue weighted by Crippen LogP contribution is 2.33. The van der Waals surface area contributed by atoms with Gasteiger partial charge in [0.1, 0.15) is 0 Å². The number of ether oxygens (including phenoxy) is 1. The average molecular weight is 219 g/mol. The van der Waals surface area contributed by atoms with Gasteiger partial charge >= 0.3 is 6.09 Å². The monoisotopic (exact) mass is 219 g/mol. The maximum absolute atomic E-state index is 10.9. The smallest absolute Gasteiger partial charge is 0.411 e. The van der Waals surface area contributed by atoms with Gasteiger partial charge in [0.15, 0.2) is 0 Å². The van der Waals surface area contributed by atoms with Crippen LogP contribution in [0.2, 0.25) is 0 Å². The molecule has 0 bridgehead atoms. The quantitative estimate of drug-likeness (QED) is 0.774. The molecule has 74 valence electrons. The summed E-state index contributed by atoms with van der Waals surface area (Å²) in [5.41, 5.74) is 0. The lowest BCUT2D eigenvalue weighted by atomic mass is 10.6. The van der Waals surface area contributed by atoms with E-state index in [0.29, 0.717) is 6.61 Å². The van der Waals surface area contributed by atoms with Gasteiger partial charge in [-0.05, 0) is 24.9 Å². The van der Waals surface area contributed by atoms with Gasteiger partial charge in [0.05, 0.1) is 10.8 Å². The molecule has 0 spiro atoms. The van der Waals surface area contributed by atoms with E-state index in [-0.39, 0.29) is 6.09 Å². The maximum Gasteiger partial charge on any atom is 0.411 e. The summed E-state index contributed by atoms with van der Waals surface area (Å²) in [4.78, 5) is 10.9. The third-order valence-corrected chi connectivity index (χ3v) is 3.86. The summed E-state index contributed by atoms with van der Waals surface area (Å²) >= 11 is 3.55. The van der Waals surface area contributed by atoms with E-state index in [0.717, 1.165) is 11.5 Å². The van der Waals surface area contributed by atoms with Crippen LogP contribution in [0.5, 0.6) is 0 Å². The fraction of sp³-hybridized carbons (Fsp3) is 0.625. The third kappa shape index (κ3) is 4.47. The zero-order chi connectivity index (χ0) is 9.52. The van der Waals surface area contributed by atoms with Crippen molar-refractivity contribution in [3.05, 3.63) is 10.4 Å². The van der Waals surface area contributed by atoms with E-state index in [2.05, 4.69) is 5.32 Å². The molecular weight excluding hydrogens is 206 g/mol. The van der Waals surface area contributed by atoms with Crippen LogP contribution in [0.25, 0.3) is 0 Å². The Morgan fingerprint density at radius 2 is 2.31 bits per heavy atom. The minimum atomic E-state index is -0.373. The van der Waals surface area contributed by atoms with Crippen LogP contribution < -0.4 is 5.32 Å². The van der Waals surface area contributed by atoms with Crippen molar-refractivity contribution in [2.75, 3.05) is 18.1 Å². The second-order valence-electron chi connectivity index (χ2n) is 2.38. The van der Waals surface area contributed by atoms with Gasteiger partial charge in [-0.15, -0.1) is 23.5 Å². The van der Waals surface area contributed by atoms with Gasteiger partial charge in [0.25, 0.3) is 0 Å². The van der Waals surface area contributed by atoms with E-state index >= 15 is 0 Å². The summed E-state index contributed by atoms with van der Waals surface area (Å²) in [5.74, 6) is 2.28. The van der Waals surface area contributed by atoms with Gasteiger partial charge < -0.3 is 4.74 Å². The first-order chi connectivity index (χ1) is 6.33. The Bertz CT molecular complexity index is 198. The number of rotatable bonds is 2. The fourth-order valence-electron chi connectivity index (χ4n) is 0.820. The van der Waals surface area contributed by atoms with Crippen LogP contribution in [0.4, 0.5) is 4.79 Å². The Morgan fingerprint density at radius 1 is 1.62 bits per heavy atom. The molecule has 0 unspecified atom stereocenters. The number of alkyl carbamates (subject to hydrolysis) is 1. The van der Waals surface area contributed by atoms with Crippen LogP contribution in [0, 0.1) is 0 Å². The Morgan fingerprint density at radius 3 is 2.92 bits per heavy atom. The molecule has 3 nitrogen and oxygen atoms in total. The van der Waals surface area contributed by atoms with Crippen molar-refractivity contribution in [2.45, 2.75) is 13.3 Å². The number of nitrogens with one attached hydrogen (secondary N) is 1. The first-order valence-corrected chi connectivity index (χ1v) is 6.19. The summed E-state index contributed by atoms with van der Waals surface area (Å²) in [6.45, 7) is 2.20. The van der Waals surface area contributed by atoms with E-state index in [1.807, 2.05) is 0 Å². The first kappa shape index (κ1) is 10.8. The number of amides is 1. The topological polar surface area (TPSA) is 38.3 Å². The van der Waals surface area contributed by atoms with Gasteiger partial charge in [0, 0.05) is 6.20 Å². The van der Waals surface area contributed by atoms with Crippen LogP contribution in [0.15, 0.2) is 10.4 Å². The molecule has 1 heterocycles. The van der Waals surface area contributed by atoms with Crippen molar-refractivity contribution in [3.63, 3.8) is 0 Å². The van der Waals surface area contributed by atoms with Crippen LogP contribution in [0.3, 0.4) is 0 Å². The molecule has 5 heteroatoms. The summed E-state index contributed by atoms with van der Waals surface area (Å²) in [7, 11) is 0. The molecule has 0 aliphatic carbocycles. The van der Waals surface area contributed by atoms with Crippen LogP contribution in [0.1, 0.15) is 13.3 Å². The number of hydrogen-bond donors (Lipinski definition) is 1. The predicted octanol–water partition coefficient (Wildman–Crippen LogP) is 2.40. The second kappa shape index (κ2) is 6.21. The van der Waals surface area contributed by atoms with Crippen molar-refractivity contribution in [3.8, 4) is 0 Å². The summed E-state index contributed by atoms with van der Waals surface area (Å²) in [6.07, 6.45) is 2.60. The van der Waals surface area contributed by atoms with Gasteiger partial charge in [0.2, 0.25) is 0 Å². The lowest BCUT2D eigenvalue weighted by molar-refractivity contribution is 0.156. The normalized spacial score (nSPS) is 16.5. The molecule has 0 aromatic heterocycles. The number of carbonyl (C=O) groups excluding carboxylic acids is 1. The Balaban J connectivity index is 2.25. The van der Waals surface area contributed by atoms with Gasteiger partial charge in [-0.3, -0.25) is 5.32 Å². The van der Waals surface area contributed by atoms with Crippen LogP contribution >= 0.6 is 23.5 Å². The third-order valence-electron chi connectivity index (χ3n) is 1.36. The van der Waals surface area contributed by atoms with E-state index < -0.39 is 0 Å². The molecule has 1 aliphatic heterocycles. The highest BCUT2D eigenvalue weighted by atomic mass is 32.2. The molecule has 0 atom stereocenters. The summed E-state index contributed by atoms with van der Waals surface area (Å²) in [5, 5.41) is 2.59. The van der Waals surface area contributed by atoms with E-state index in [1.54, 1.807) is 36.6 Å². The zero-order valence-corrected chi connectivity index (χ0v) is 9.17. The van der Waals surface area contributed by atoms with Gasteiger partial charge in [-0.1, -0.05) is 0 Å². The molecule has 0 saturated carbocycles. The Labute approximate surface area is 86.7 Å². The molecule has 0 aromatic carbocycles. The molecule has 1 amide bonds. The lowest BCUT2D eigenvalue weighted by Gasteiger charge is -2.12. The summed E-state index contributed by atoms with van der Waals surface area (Å²) in [6, 6.07) is 0. The van der Waals surface area contributed by atoms with Crippen molar-refractivity contribution >= 4 is 29.6 Å². The van der Waals surface area contributed by atoms with E-state index in [9.17, 15) is 4.79 Å². The SMILES string of the molecule is CCOC(=O)NC=C1SCCCS1. The number of carbonyl (C=O) groups is 1. The molecule has 0 aromatic rings. The Kier molecular flexibility index (Phi) is 5.15. The summed E-state index contributed by atoms with van der Waals surface area (Å²) < 4.78 is 5.89. The predicted molar refractivity (Wildman–Crippen MR) is 57.8 cm³/mol. The minimum absolute atomic E-state index is 0.373. The molecule has 1 saturated heterocycles. The highest BCUT2D eigenvalue weighted by molar-refractivity contribution is 8.22. The largest absolute Gasteiger partial charge is 0.450 e. The van der Waals surface area contributed by atoms with Crippen LogP contribution in [-0.2, 0) is 4.74 Å². The van der Waals surface area contributed by atoms with Crippen molar-refractivity contribution < 1.29 is 9.53 Å². The van der Waals surface area contributed by atoms with Crippen LogP contribution in [-0.4, -0.2) is 24.2 Å². The fourth-order valence-corrected chi connectivity index (χ4v) is 3.10. The van der Waals surface area contributed by atoms with Gasteiger partial charge in [-0.2, -0.15) is 0 Å². The molecular formula is C8H13NO2S2. The molecule has 1 fully saturated rings. The minimum Gasteiger partial charge on any atom is -0.450 e. The van der Waals surface area contributed by atoms with Crippen molar-refractivity contribution in [1.29, 1.82) is 0 Å². The number of hydrogen-bond acceptors (Lipinski definition) is 4. The van der Waals surface area contributed by atoms with Crippen molar-refractivity contribution in [1.82, 2.24) is 5.32 Å². The Hall–Kier alpha value is -0.290. The second-order valence-corrected chi connectivity index (χ2v) is 4.91. The van der Waals surface area contributed by atoms with E-state index in [4.69, 9.17) is 4.74 Å². The maximum atomic E-state index is 10.9. The lowest BCUT2D eigenvalue weighted by Crippen LogP contribution is -2.18. The molecule has 1 N–H and O–H groups in total. The molecule has 1 rings (SSSR count). The standard InChI is InChI=1S/C8H13NO2S2/c1-2-11-8(10)9-6-7-12-4-3-5-13-7/h6H,2-5H2,1H3,(H,9,10). The molecule has 13 heavy (non-hydrogen) atoms. The molecule has 1 aliphatic rings. The van der Waals surface area contributed by atoms with Crippen molar-refractivity contribution in [2.24, 2.45) is 0 Å². The zero-order valence-electron chi connectivity index (χ0n) is 7.54. The number of thioether (sulfide) groups is 2. The van der Waals surface area contributed by atoms with E-state index in [1.165, 1.54) is 10.7 Å². The van der Waals surface area contributed by atoms with Gasteiger partial charge in [-0.25, -0.2) is 4.79 Å². The first-order valence-electron chi connectivity index (χ1n) is 4.22. The molecule has 0 radical (unpaired) electrons. The highest BCUT2D eigenvalue weighted by Gasteiger charge is 2.06. The average Bonchev–Trinajstić information content (AvgIpc) is 2.17.